The summed E-state index contributed by atoms with van der Waals surface area (Å²) in [5.74, 6) is 1.44. The lowest BCUT2D eigenvalue weighted by Crippen LogP contribution is -2.44. The van der Waals surface area contributed by atoms with Crippen molar-refractivity contribution in [1.29, 1.82) is 0 Å². The third-order valence-corrected chi connectivity index (χ3v) is 5.64. The Morgan fingerprint density at radius 1 is 0.969 bits per heavy atom. The molecule has 0 bridgehead atoms. The Balaban J connectivity index is 1.32. The summed E-state index contributed by atoms with van der Waals surface area (Å²) >= 11 is 0. The van der Waals surface area contributed by atoms with Gasteiger partial charge in [0, 0.05) is 37.4 Å². The van der Waals surface area contributed by atoms with Crippen LogP contribution < -0.4 is 15.0 Å². The molecule has 166 valence electrons. The molecule has 0 radical (unpaired) electrons. The van der Waals surface area contributed by atoms with Crippen LogP contribution in [0.3, 0.4) is 0 Å². The molecule has 0 atom stereocenters. The Labute approximate surface area is 189 Å². The minimum Gasteiger partial charge on any atom is -0.483 e. The maximum Gasteiger partial charge on any atom is 0.262 e. The molecule has 1 aliphatic heterocycles. The molecule has 2 heterocycles. The van der Waals surface area contributed by atoms with Crippen LogP contribution in [0.1, 0.15) is 11.1 Å². The molecule has 0 spiro atoms. The topological polar surface area (TPSA) is 70.6 Å². The van der Waals surface area contributed by atoms with Crippen molar-refractivity contribution in [3.63, 3.8) is 0 Å². The van der Waals surface area contributed by atoms with Crippen LogP contribution in [0.25, 0.3) is 11.3 Å². The predicted octanol–water partition coefficient (Wildman–Crippen LogP) is 3.53. The average Bonchev–Trinajstić information content (AvgIpc) is 2.81. The van der Waals surface area contributed by atoms with Crippen molar-refractivity contribution in [2.24, 2.45) is 0 Å². The number of carbonyl (C=O) groups is 1. The van der Waals surface area contributed by atoms with Gasteiger partial charge in [0.25, 0.3) is 5.91 Å². The summed E-state index contributed by atoms with van der Waals surface area (Å²) in [6.45, 7) is 7.92. The minimum absolute atomic E-state index is 0.0364. The molecule has 1 fully saturated rings. The zero-order valence-corrected chi connectivity index (χ0v) is 18.8. The van der Waals surface area contributed by atoms with Crippen molar-refractivity contribution in [3.8, 4) is 17.0 Å². The molecule has 1 amide bonds. The Hall–Kier alpha value is -3.45. The van der Waals surface area contributed by atoms with E-state index in [0.29, 0.717) is 5.69 Å². The fourth-order valence-corrected chi connectivity index (χ4v) is 3.61. The zero-order valence-electron chi connectivity index (χ0n) is 18.8. The number of aryl methyl sites for hydroxylation is 2. The number of aromatic nitrogens is 2. The van der Waals surface area contributed by atoms with Gasteiger partial charge in [0.1, 0.15) is 5.75 Å². The van der Waals surface area contributed by atoms with Crippen LogP contribution in [0.2, 0.25) is 0 Å². The number of benzene rings is 2. The Morgan fingerprint density at radius 3 is 2.41 bits per heavy atom. The van der Waals surface area contributed by atoms with Crippen LogP contribution in [0.4, 0.5) is 11.5 Å². The van der Waals surface area contributed by atoms with Crippen molar-refractivity contribution < 1.29 is 9.53 Å². The number of carbonyl (C=O) groups excluding carboxylic acids is 1. The normalized spacial score (nSPS) is 14.3. The predicted molar refractivity (Wildman–Crippen MR) is 127 cm³/mol. The van der Waals surface area contributed by atoms with E-state index in [0.717, 1.165) is 60.1 Å². The van der Waals surface area contributed by atoms with Gasteiger partial charge in [0.15, 0.2) is 12.4 Å². The number of hydrogen-bond donors (Lipinski definition) is 1. The molecule has 1 aromatic heterocycles. The fraction of sp³-hybridized carbons (Fsp3) is 0.320. The highest BCUT2D eigenvalue weighted by Gasteiger charge is 2.15. The zero-order chi connectivity index (χ0) is 22.5. The highest BCUT2D eigenvalue weighted by molar-refractivity contribution is 5.92. The van der Waals surface area contributed by atoms with E-state index < -0.39 is 0 Å². The number of hydrogen-bond acceptors (Lipinski definition) is 6. The molecular formula is C25H29N5O2. The summed E-state index contributed by atoms with van der Waals surface area (Å²) in [6, 6.07) is 17.5. The molecule has 0 unspecified atom stereocenters. The summed E-state index contributed by atoms with van der Waals surface area (Å²) < 4.78 is 5.67. The summed E-state index contributed by atoms with van der Waals surface area (Å²) in [6.07, 6.45) is 0. The number of amides is 1. The average molecular weight is 432 g/mol. The molecule has 7 heteroatoms. The largest absolute Gasteiger partial charge is 0.483 e. The Kier molecular flexibility index (Phi) is 6.66. The SMILES string of the molecule is Cc1ccc(C)c(OCC(=O)Nc2ccc(-c3ccc(N4CCN(C)CC4)nn3)cc2)c1. The lowest BCUT2D eigenvalue weighted by atomic mass is 10.1. The number of rotatable bonds is 6. The van der Waals surface area contributed by atoms with Gasteiger partial charge >= 0.3 is 0 Å². The summed E-state index contributed by atoms with van der Waals surface area (Å²) in [5.41, 5.74) is 4.57. The van der Waals surface area contributed by atoms with Gasteiger partial charge in [-0.05, 0) is 62.4 Å². The van der Waals surface area contributed by atoms with Gasteiger partial charge in [-0.1, -0.05) is 24.3 Å². The van der Waals surface area contributed by atoms with Crippen LogP contribution in [-0.4, -0.2) is 60.8 Å². The van der Waals surface area contributed by atoms with Gasteiger partial charge in [-0.25, -0.2) is 0 Å². The van der Waals surface area contributed by atoms with Gasteiger partial charge in [0.05, 0.1) is 5.69 Å². The summed E-state index contributed by atoms with van der Waals surface area (Å²) in [5, 5.41) is 11.7. The van der Waals surface area contributed by atoms with E-state index >= 15 is 0 Å². The molecule has 0 aliphatic carbocycles. The fourth-order valence-electron chi connectivity index (χ4n) is 3.61. The monoisotopic (exact) mass is 431 g/mol. The second kappa shape index (κ2) is 9.78. The van der Waals surface area contributed by atoms with Crippen molar-refractivity contribution in [3.05, 3.63) is 65.7 Å². The first-order valence-corrected chi connectivity index (χ1v) is 10.9. The van der Waals surface area contributed by atoms with Gasteiger partial charge in [0.2, 0.25) is 0 Å². The van der Waals surface area contributed by atoms with Gasteiger partial charge < -0.3 is 19.9 Å². The third kappa shape index (κ3) is 5.42. The lowest BCUT2D eigenvalue weighted by molar-refractivity contribution is -0.118. The van der Waals surface area contributed by atoms with Gasteiger partial charge in [-0.15, -0.1) is 10.2 Å². The molecule has 7 nitrogen and oxygen atoms in total. The molecule has 4 rings (SSSR count). The number of likely N-dealkylation sites (N-methyl/N-ethyl adjacent to an activating group) is 1. The van der Waals surface area contributed by atoms with Crippen LogP contribution in [0, 0.1) is 13.8 Å². The quantitative estimate of drug-likeness (QED) is 0.644. The van der Waals surface area contributed by atoms with E-state index in [-0.39, 0.29) is 12.5 Å². The van der Waals surface area contributed by atoms with Crippen molar-refractivity contribution in [1.82, 2.24) is 15.1 Å². The number of ether oxygens (including phenoxy) is 1. The smallest absolute Gasteiger partial charge is 0.262 e. The van der Waals surface area contributed by atoms with Gasteiger partial charge in [-0.2, -0.15) is 0 Å². The molecule has 1 saturated heterocycles. The highest BCUT2D eigenvalue weighted by Crippen LogP contribution is 2.22. The summed E-state index contributed by atoms with van der Waals surface area (Å²) in [7, 11) is 2.14. The van der Waals surface area contributed by atoms with E-state index in [9.17, 15) is 4.79 Å². The first-order valence-electron chi connectivity index (χ1n) is 10.9. The maximum atomic E-state index is 12.3. The second-order valence-electron chi connectivity index (χ2n) is 8.25. The first kappa shape index (κ1) is 21.8. The van der Waals surface area contributed by atoms with E-state index in [2.05, 4.69) is 32.4 Å². The first-order chi connectivity index (χ1) is 15.5. The van der Waals surface area contributed by atoms with E-state index in [4.69, 9.17) is 4.74 Å². The van der Waals surface area contributed by atoms with Crippen LogP contribution in [0.15, 0.2) is 54.6 Å². The molecule has 32 heavy (non-hydrogen) atoms. The van der Waals surface area contributed by atoms with Crippen LogP contribution in [-0.2, 0) is 4.79 Å². The van der Waals surface area contributed by atoms with Crippen LogP contribution >= 0.6 is 0 Å². The van der Waals surface area contributed by atoms with E-state index in [1.807, 2.05) is 68.4 Å². The Morgan fingerprint density at radius 2 is 1.72 bits per heavy atom. The van der Waals surface area contributed by atoms with Crippen LogP contribution in [0.5, 0.6) is 5.75 Å². The van der Waals surface area contributed by atoms with Crippen molar-refractivity contribution in [2.75, 3.05) is 50.1 Å². The minimum atomic E-state index is -0.199. The molecule has 3 aromatic rings. The second-order valence-corrected chi connectivity index (χ2v) is 8.25. The highest BCUT2D eigenvalue weighted by atomic mass is 16.5. The van der Waals surface area contributed by atoms with Crippen molar-refractivity contribution in [2.45, 2.75) is 13.8 Å². The van der Waals surface area contributed by atoms with Gasteiger partial charge in [-0.3, -0.25) is 4.79 Å². The Bertz CT molecular complexity index is 1060. The summed E-state index contributed by atoms with van der Waals surface area (Å²) in [4.78, 5) is 16.9. The molecule has 0 saturated carbocycles. The van der Waals surface area contributed by atoms with E-state index in [1.54, 1.807) is 0 Å². The number of piperazine rings is 1. The molecule has 1 aliphatic rings. The third-order valence-electron chi connectivity index (χ3n) is 5.64. The number of nitrogens with zero attached hydrogens (tertiary/aromatic N) is 4. The molecule has 1 N–H and O–H groups in total. The lowest BCUT2D eigenvalue weighted by Gasteiger charge is -2.32. The molecule has 2 aromatic carbocycles. The number of anilines is 2. The number of nitrogens with one attached hydrogen (secondary N) is 1. The standard InChI is InChI=1S/C25H29N5O2/c1-18-4-5-19(2)23(16-18)32-17-25(31)26-21-8-6-20(7-9-21)22-10-11-24(28-27-22)30-14-12-29(3)13-15-30/h4-11,16H,12-15,17H2,1-3H3,(H,26,31). The van der Waals surface area contributed by atoms with E-state index in [1.165, 1.54) is 0 Å². The van der Waals surface area contributed by atoms with Crippen molar-refractivity contribution >= 4 is 17.4 Å². The molecular weight excluding hydrogens is 402 g/mol. The maximum absolute atomic E-state index is 12.3.